The van der Waals surface area contributed by atoms with E-state index in [1.54, 1.807) is 12.1 Å². The summed E-state index contributed by atoms with van der Waals surface area (Å²) in [6.45, 7) is 4.34. The molecule has 0 unspecified atom stereocenters. The molecule has 3 rings (SSSR count). The molecule has 2 aromatic carbocycles. The van der Waals surface area contributed by atoms with Gasteiger partial charge in [-0.2, -0.15) is 0 Å². The Morgan fingerprint density at radius 3 is 2.32 bits per heavy atom. The van der Waals surface area contributed by atoms with Crippen molar-refractivity contribution in [1.29, 1.82) is 0 Å². The lowest BCUT2D eigenvalue weighted by Crippen LogP contribution is -2.34. The quantitative estimate of drug-likeness (QED) is 0.674. The van der Waals surface area contributed by atoms with E-state index in [1.165, 1.54) is 4.31 Å². The van der Waals surface area contributed by atoms with Gasteiger partial charge in [-0.25, -0.2) is 8.42 Å². The van der Waals surface area contributed by atoms with Crippen molar-refractivity contribution in [1.82, 2.24) is 0 Å². The van der Waals surface area contributed by atoms with Gasteiger partial charge >= 0.3 is 0 Å². The highest BCUT2D eigenvalue weighted by atomic mass is 127. The lowest BCUT2D eigenvalue weighted by molar-refractivity contribution is 0.592. The van der Waals surface area contributed by atoms with Gasteiger partial charge in [-0.3, -0.25) is 4.31 Å². The maximum Gasteiger partial charge on any atom is 0.264 e. The molecule has 114 valence electrons. The van der Waals surface area contributed by atoms with E-state index in [0.717, 1.165) is 26.0 Å². The number of halogens is 1. The summed E-state index contributed by atoms with van der Waals surface area (Å²) in [5.74, 6) is 0. The first-order valence-electron chi connectivity index (χ1n) is 6.94. The molecular formula is C17H16INO2S. The summed E-state index contributed by atoms with van der Waals surface area (Å²) in [7, 11) is -3.55. The summed E-state index contributed by atoms with van der Waals surface area (Å²) < 4.78 is 28.5. The fourth-order valence-electron chi connectivity index (χ4n) is 2.51. The minimum absolute atomic E-state index is 0.329. The standard InChI is InChI=1S/C17H16INO2S/c1-12-3-6-16(7-4-12)22(20,21)19-11-15(18)10-14-9-13(2)5-8-17(14)19/h3-10H,11H2,1-2H3. The molecule has 5 heteroatoms. The minimum atomic E-state index is -3.55. The largest absolute Gasteiger partial charge is 0.264 e. The number of nitrogens with zero attached hydrogens (tertiary/aromatic N) is 1. The molecule has 0 spiro atoms. The molecule has 3 nitrogen and oxygen atoms in total. The molecule has 0 bridgehead atoms. The molecule has 2 aromatic rings. The summed E-state index contributed by atoms with van der Waals surface area (Å²) in [5, 5.41) is 0. The fourth-order valence-corrected chi connectivity index (χ4v) is 4.88. The number of benzene rings is 2. The van der Waals surface area contributed by atoms with Crippen LogP contribution in [0.4, 0.5) is 5.69 Å². The molecule has 0 aliphatic carbocycles. The average molecular weight is 425 g/mol. The molecule has 0 fully saturated rings. The van der Waals surface area contributed by atoms with Crippen molar-refractivity contribution in [3.05, 3.63) is 62.7 Å². The van der Waals surface area contributed by atoms with Crippen LogP contribution in [-0.4, -0.2) is 15.0 Å². The van der Waals surface area contributed by atoms with Crippen LogP contribution in [0.2, 0.25) is 0 Å². The van der Waals surface area contributed by atoms with Crippen LogP contribution < -0.4 is 4.31 Å². The third kappa shape index (κ3) is 2.79. The van der Waals surface area contributed by atoms with E-state index in [-0.39, 0.29) is 0 Å². The van der Waals surface area contributed by atoms with Gasteiger partial charge in [-0.15, -0.1) is 0 Å². The number of anilines is 1. The van der Waals surface area contributed by atoms with Gasteiger partial charge in [0.1, 0.15) is 0 Å². The van der Waals surface area contributed by atoms with Crippen LogP contribution in [0.15, 0.2) is 50.9 Å². The molecule has 0 saturated heterocycles. The van der Waals surface area contributed by atoms with Crippen molar-refractivity contribution in [2.24, 2.45) is 0 Å². The highest BCUT2D eigenvalue weighted by Gasteiger charge is 2.29. The third-order valence-corrected chi connectivity index (χ3v) is 6.09. The van der Waals surface area contributed by atoms with Gasteiger partial charge in [0.15, 0.2) is 0 Å². The summed E-state index contributed by atoms with van der Waals surface area (Å²) in [6, 6.07) is 12.8. The molecule has 0 saturated carbocycles. The number of hydrogen-bond acceptors (Lipinski definition) is 2. The SMILES string of the molecule is Cc1ccc(S(=O)(=O)N2CC(I)=Cc3cc(C)ccc32)cc1. The van der Waals surface area contributed by atoms with Crippen LogP contribution in [-0.2, 0) is 10.0 Å². The molecule has 0 N–H and O–H groups in total. The van der Waals surface area contributed by atoms with Gasteiger partial charge in [0, 0.05) is 3.58 Å². The minimum Gasteiger partial charge on any atom is -0.261 e. The second-order valence-corrected chi connectivity index (χ2v) is 8.73. The van der Waals surface area contributed by atoms with Crippen molar-refractivity contribution >= 4 is 44.4 Å². The van der Waals surface area contributed by atoms with E-state index in [9.17, 15) is 8.42 Å². The van der Waals surface area contributed by atoms with Crippen LogP contribution in [0.5, 0.6) is 0 Å². The molecule has 1 aliphatic rings. The fraction of sp³-hybridized carbons (Fsp3) is 0.176. The van der Waals surface area contributed by atoms with Crippen molar-refractivity contribution in [3.63, 3.8) is 0 Å². The summed E-state index contributed by atoms with van der Waals surface area (Å²) in [4.78, 5) is 0.329. The van der Waals surface area contributed by atoms with Gasteiger partial charge in [0.05, 0.1) is 17.1 Å². The number of sulfonamides is 1. The van der Waals surface area contributed by atoms with Crippen LogP contribution in [0.3, 0.4) is 0 Å². The highest BCUT2D eigenvalue weighted by molar-refractivity contribution is 14.1. The van der Waals surface area contributed by atoms with Crippen molar-refractivity contribution in [2.75, 3.05) is 10.8 Å². The van der Waals surface area contributed by atoms with Gasteiger partial charge in [0.25, 0.3) is 10.0 Å². The average Bonchev–Trinajstić information content (AvgIpc) is 2.46. The van der Waals surface area contributed by atoms with E-state index in [1.807, 2.05) is 50.3 Å². The maximum atomic E-state index is 13.0. The normalized spacial score (nSPS) is 14.5. The Balaban J connectivity index is 2.12. The first kappa shape index (κ1) is 15.6. The topological polar surface area (TPSA) is 37.4 Å². The summed E-state index contributed by atoms with van der Waals surface area (Å²) in [5.41, 5.74) is 3.86. The maximum absolute atomic E-state index is 13.0. The molecule has 0 aromatic heterocycles. The van der Waals surface area contributed by atoms with Gasteiger partial charge in [-0.05, 0) is 72.3 Å². The molecular weight excluding hydrogens is 409 g/mol. The van der Waals surface area contributed by atoms with E-state index in [0.29, 0.717) is 11.4 Å². The van der Waals surface area contributed by atoms with Gasteiger partial charge in [0.2, 0.25) is 0 Å². The summed E-state index contributed by atoms with van der Waals surface area (Å²) >= 11 is 2.20. The summed E-state index contributed by atoms with van der Waals surface area (Å²) in [6.07, 6.45) is 2.05. The Hall–Kier alpha value is -1.34. The van der Waals surface area contributed by atoms with Crippen molar-refractivity contribution in [3.8, 4) is 0 Å². The molecule has 1 heterocycles. The van der Waals surface area contributed by atoms with Crippen LogP contribution in [0.25, 0.3) is 6.08 Å². The van der Waals surface area contributed by atoms with Gasteiger partial charge in [-0.1, -0.05) is 29.3 Å². The molecule has 0 atom stereocenters. The van der Waals surface area contributed by atoms with Crippen LogP contribution in [0, 0.1) is 13.8 Å². The number of fused-ring (bicyclic) bond motifs is 1. The Labute approximate surface area is 144 Å². The second-order valence-electron chi connectivity index (χ2n) is 5.48. The zero-order chi connectivity index (χ0) is 15.9. The van der Waals surface area contributed by atoms with E-state index in [4.69, 9.17) is 0 Å². The molecule has 1 aliphatic heterocycles. The Bertz CT molecular complexity index is 855. The van der Waals surface area contributed by atoms with E-state index in [2.05, 4.69) is 22.6 Å². The van der Waals surface area contributed by atoms with E-state index < -0.39 is 10.0 Å². The number of rotatable bonds is 2. The van der Waals surface area contributed by atoms with Crippen molar-refractivity contribution in [2.45, 2.75) is 18.7 Å². The number of hydrogen-bond donors (Lipinski definition) is 0. The zero-order valence-electron chi connectivity index (χ0n) is 12.4. The van der Waals surface area contributed by atoms with Gasteiger partial charge < -0.3 is 0 Å². The highest BCUT2D eigenvalue weighted by Crippen LogP contribution is 2.35. The Morgan fingerprint density at radius 2 is 1.64 bits per heavy atom. The monoisotopic (exact) mass is 425 g/mol. The predicted octanol–water partition coefficient (Wildman–Crippen LogP) is 4.29. The van der Waals surface area contributed by atoms with Crippen LogP contribution in [0.1, 0.15) is 16.7 Å². The third-order valence-electron chi connectivity index (χ3n) is 3.67. The second kappa shape index (κ2) is 5.70. The van der Waals surface area contributed by atoms with Crippen molar-refractivity contribution < 1.29 is 8.42 Å². The first-order valence-corrected chi connectivity index (χ1v) is 9.46. The Kier molecular flexibility index (Phi) is 4.03. The van der Waals surface area contributed by atoms with Crippen LogP contribution >= 0.6 is 22.6 Å². The predicted molar refractivity (Wildman–Crippen MR) is 98.9 cm³/mol. The molecule has 0 radical (unpaired) electrons. The number of aryl methyl sites for hydroxylation is 2. The lowest BCUT2D eigenvalue weighted by atomic mass is 10.1. The zero-order valence-corrected chi connectivity index (χ0v) is 15.3. The van der Waals surface area contributed by atoms with E-state index >= 15 is 0 Å². The smallest absolute Gasteiger partial charge is 0.261 e. The first-order chi connectivity index (χ1) is 10.4. The lowest BCUT2D eigenvalue weighted by Gasteiger charge is -2.29. The molecule has 22 heavy (non-hydrogen) atoms. The molecule has 0 amide bonds. The Morgan fingerprint density at radius 1 is 1.00 bits per heavy atom.